The molecule has 1 aromatic heterocycles. The van der Waals surface area contributed by atoms with Gasteiger partial charge in [-0.15, -0.1) is 11.3 Å². The number of carbonyl (C=O) groups excluding carboxylic acids is 1. The van der Waals surface area contributed by atoms with Crippen LogP contribution in [0.2, 0.25) is 0 Å². The number of carbonyl (C=O) groups is 1. The maximum absolute atomic E-state index is 12.2. The molecule has 0 bridgehead atoms. The maximum atomic E-state index is 12.2. The molecule has 1 amide bonds. The van der Waals surface area contributed by atoms with Gasteiger partial charge in [0.15, 0.2) is 5.13 Å². The molecule has 6 heteroatoms. The quantitative estimate of drug-likeness (QED) is 0.840. The van der Waals surface area contributed by atoms with Crippen LogP contribution in [0.15, 0.2) is 29.6 Å². The van der Waals surface area contributed by atoms with E-state index in [2.05, 4.69) is 60.2 Å². The molecule has 2 atom stereocenters. The van der Waals surface area contributed by atoms with Gasteiger partial charge in [0.1, 0.15) is 0 Å². The van der Waals surface area contributed by atoms with E-state index in [0.29, 0.717) is 11.6 Å². The van der Waals surface area contributed by atoms with Crippen molar-refractivity contribution in [1.82, 2.24) is 9.88 Å². The number of morpholine rings is 1. The standard InChI is InChI=1S/C20H27N3O2S/c1-14-4-6-17(7-5-14)8-9-19(24)22-20-21-18(13-26-20)12-23-10-15(2)25-16(3)11-23/h4-7,13,15-16H,8-12H2,1-3H3,(H,21,22,24)/t15-,16+. The fraction of sp³-hybridized carbons (Fsp3) is 0.500. The smallest absolute Gasteiger partial charge is 0.226 e. The van der Waals surface area contributed by atoms with E-state index in [1.54, 1.807) is 0 Å². The van der Waals surface area contributed by atoms with Gasteiger partial charge in [-0.05, 0) is 32.8 Å². The number of ether oxygens (including phenoxy) is 1. The van der Waals surface area contributed by atoms with Gasteiger partial charge >= 0.3 is 0 Å². The molecule has 5 nitrogen and oxygen atoms in total. The molecule has 1 saturated heterocycles. The lowest BCUT2D eigenvalue weighted by molar-refractivity contribution is -0.116. The van der Waals surface area contributed by atoms with Gasteiger partial charge in [-0.3, -0.25) is 9.69 Å². The lowest BCUT2D eigenvalue weighted by Gasteiger charge is -2.34. The van der Waals surface area contributed by atoms with E-state index in [9.17, 15) is 4.79 Å². The molecular formula is C20H27N3O2S. The fourth-order valence-corrected chi connectivity index (χ4v) is 3.99. The van der Waals surface area contributed by atoms with Crippen molar-refractivity contribution in [1.29, 1.82) is 0 Å². The Labute approximate surface area is 159 Å². The monoisotopic (exact) mass is 373 g/mol. The molecule has 2 aromatic rings. The van der Waals surface area contributed by atoms with Crippen molar-refractivity contribution in [2.24, 2.45) is 0 Å². The van der Waals surface area contributed by atoms with Crippen LogP contribution < -0.4 is 5.32 Å². The van der Waals surface area contributed by atoms with Gasteiger partial charge in [0.25, 0.3) is 0 Å². The van der Waals surface area contributed by atoms with E-state index in [0.717, 1.165) is 31.7 Å². The number of aryl methyl sites for hydroxylation is 2. The molecule has 2 heterocycles. The van der Waals surface area contributed by atoms with Gasteiger partial charge in [-0.2, -0.15) is 0 Å². The molecule has 26 heavy (non-hydrogen) atoms. The average Bonchev–Trinajstić information content (AvgIpc) is 3.00. The SMILES string of the molecule is Cc1ccc(CCC(=O)Nc2nc(CN3C[C@@H](C)O[C@@H](C)C3)cs2)cc1. The highest BCUT2D eigenvalue weighted by atomic mass is 32.1. The Hall–Kier alpha value is -1.76. The normalized spacial score (nSPS) is 20.9. The molecule has 0 radical (unpaired) electrons. The number of hydrogen-bond acceptors (Lipinski definition) is 5. The van der Waals surface area contributed by atoms with Crippen molar-refractivity contribution < 1.29 is 9.53 Å². The third-order valence-corrected chi connectivity index (χ3v) is 5.25. The largest absolute Gasteiger partial charge is 0.373 e. The number of aromatic nitrogens is 1. The fourth-order valence-electron chi connectivity index (χ4n) is 3.27. The van der Waals surface area contributed by atoms with Crippen molar-refractivity contribution >= 4 is 22.4 Å². The van der Waals surface area contributed by atoms with Crippen molar-refractivity contribution in [3.8, 4) is 0 Å². The summed E-state index contributed by atoms with van der Waals surface area (Å²) in [6, 6.07) is 8.31. The average molecular weight is 374 g/mol. The molecule has 1 aliphatic heterocycles. The van der Waals surface area contributed by atoms with E-state index in [4.69, 9.17) is 4.74 Å². The molecule has 0 spiro atoms. The Kier molecular flexibility index (Phi) is 6.40. The van der Waals surface area contributed by atoms with E-state index >= 15 is 0 Å². The number of amides is 1. The third kappa shape index (κ3) is 5.62. The van der Waals surface area contributed by atoms with Crippen LogP contribution in [0.4, 0.5) is 5.13 Å². The molecule has 0 aliphatic carbocycles. The van der Waals surface area contributed by atoms with Gasteiger partial charge in [-0.25, -0.2) is 4.98 Å². The first-order chi connectivity index (χ1) is 12.5. The first kappa shape index (κ1) is 19.0. The van der Waals surface area contributed by atoms with Crippen LogP contribution in [-0.2, 0) is 22.5 Å². The van der Waals surface area contributed by atoms with Crippen LogP contribution in [0.5, 0.6) is 0 Å². The highest BCUT2D eigenvalue weighted by Gasteiger charge is 2.22. The summed E-state index contributed by atoms with van der Waals surface area (Å²) < 4.78 is 5.77. The molecule has 0 saturated carbocycles. The van der Waals surface area contributed by atoms with Crippen molar-refractivity contribution in [2.75, 3.05) is 18.4 Å². The van der Waals surface area contributed by atoms with Crippen LogP contribution in [0.1, 0.15) is 37.1 Å². The first-order valence-electron chi connectivity index (χ1n) is 9.15. The van der Waals surface area contributed by atoms with Crippen LogP contribution in [0.25, 0.3) is 0 Å². The lowest BCUT2D eigenvalue weighted by Crippen LogP contribution is -2.44. The summed E-state index contributed by atoms with van der Waals surface area (Å²) in [6.07, 6.45) is 1.71. The molecule has 1 aromatic carbocycles. The Balaban J connectivity index is 1.46. The van der Waals surface area contributed by atoms with Gasteiger partial charge in [-0.1, -0.05) is 29.8 Å². The van der Waals surface area contributed by atoms with Crippen LogP contribution in [0.3, 0.4) is 0 Å². The second-order valence-corrected chi connectivity index (χ2v) is 7.99. The Morgan fingerprint density at radius 3 is 2.65 bits per heavy atom. The van der Waals surface area contributed by atoms with E-state index in [1.165, 1.54) is 22.5 Å². The van der Waals surface area contributed by atoms with Crippen molar-refractivity contribution in [3.63, 3.8) is 0 Å². The zero-order valence-corrected chi connectivity index (χ0v) is 16.5. The number of thiazole rings is 1. The second-order valence-electron chi connectivity index (χ2n) is 7.13. The number of hydrogen-bond donors (Lipinski definition) is 1. The lowest BCUT2D eigenvalue weighted by atomic mass is 10.1. The van der Waals surface area contributed by atoms with Crippen molar-refractivity contribution in [3.05, 3.63) is 46.5 Å². The minimum Gasteiger partial charge on any atom is -0.373 e. The van der Waals surface area contributed by atoms with Crippen LogP contribution in [-0.4, -0.2) is 41.1 Å². The molecule has 1 aliphatic rings. The number of anilines is 1. The van der Waals surface area contributed by atoms with E-state index in [1.807, 2.05) is 5.38 Å². The van der Waals surface area contributed by atoms with E-state index < -0.39 is 0 Å². The number of nitrogens with zero attached hydrogens (tertiary/aromatic N) is 2. The van der Waals surface area contributed by atoms with Gasteiger partial charge in [0, 0.05) is 31.4 Å². The summed E-state index contributed by atoms with van der Waals surface area (Å²) in [5, 5.41) is 5.64. The first-order valence-corrected chi connectivity index (χ1v) is 10.0. The molecule has 1 fully saturated rings. The Morgan fingerprint density at radius 2 is 1.96 bits per heavy atom. The number of rotatable bonds is 6. The minimum atomic E-state index is 0.0140. The molecule has 0 unspecified atom stereocenters. The van der Waals surface area contributed by atoms with E-state index in [-0.39, 0.29) is 18.1 Å². The maximum Gasteiger partial charge on any atom is 0.226 e. The summed E-state index contributed by atoms with van der Waals surface area (Å²) in [5.74, 6) is 0.0140. The molecular weight excluding hydrogens is 346 g/mol. The highest BCUT2D eigenvalue weighted by Crippen LogP contribution is 2.19. The third-order valence-electron chi connectivity index (χ3n) is 4.44. The zero-order chi connectivity index (χ0) is 18.5. The Morgan fingerprint density at radius 1 is 1.27 bits per heavy atom. The molecule has 1 N–H and O–H groups in total. The van der Waals surface area contributed by atoms with Crippen LogP contribution in [0, 0.1) is 6.92 Å². The highest BCUT2D eigenvalue weighted by molar-refractivity contribution is 7.13. The summed E-state index contributed by atoms with van der Waals surface area (Å²) in [4.78, 5) is 19.1. The summed E-state index contributed by atoms with van der Waals surface area (Å²) in [5.41, 5.74) is 3.42. The van der Waals surface area contributed by atoms with Crippen LogP contribution >= 0.6 is 11.3 Å². The molecule has 3 rings (SSSR count). The predicted octanol–water partition coefficient (Wildman–Crippen LogP) is 3.63. The Bertz CT molecular complexity index is 719. The molecule has 140 valence electrons. The number of nitrogens with one attached hydrogen (secondary N) is 1. The predicted molar refractivity (Wildman–Crippen MR) is 106 cm³/mol. The zero-order valence-electron chi connectivity index (χ0n) is 15.7. The topological polar surface area (TPSA) is 54.5 Å². The van der Waals surface area contributed by atoms with Gasteiger partial charge in [0.2, 0.25) is 5.91 Å². The summed E-state index contributed by atoms with van der Waals surface area (Å²) in [7, 11) is 0. The summed E-state index contributed by atoms with van der Waals surface area (Å²) >= 11 is 1.49. The number of benzene rings is 1. The summed E-state index contributed by atoms with van der Waals surface area (Å²) in [6.45, 7) is 8.90. The van der Waals surface area contributed by atoms with Crippen molar-refractivity contribution in [2.45, 2.75) is 52.4 Å². The second kappa shape index (κ2) is 8.75. The minimum absolute atomic E-state index is 0.0140. The van der Waals surface area contributed by atoms with Gasteiger partial charge < -0.3 is 10.1 Å². The van der Waals surface area contributed by atoms with Gasteiger partial charge in [0.05, 0.1) is 17.9 Å².